The molecule has 0 spiro atoms. The summed E-state index contributed by atoms with van der Waals surface area (Å²) in [6, 6.07) is -0.542. The molecule has 0 radical (unpaired) electrons. The van der Waals surface area contributed by atoms with Crippen LogP contribution in [-0.4, -0.2) is 36.0 Å². The molecule has 0 saturated carbocycles. The number of halogens is 3. The highest BCUT2D eigenvalue weighted by Gasteiger charge is 2.35. The Morgan fingerprint density at radius 2 is 1.90 bits per heavy atom. The van der Waals surface area contributed by atoms with E-state index in [4.69, 9.17) is 34.8 Å². The van der Waals surface area contributed by atoms with Gasteiger partial charge in [0.25, 0.3) is 0 Å². The first-order valence-electron chi connectivity index (χ1n) is 6.02. The summed E-state index contributed by atoms with van der Waals surface area (Å²) < 4.78 is 0.349. The Labute approximate surface area is 136 Å². The van der Waals surface area contributed by atoms with Gasteiger partial charge in [-0.3, -0.25) is 0 Å². The largest absolute Gasteiger partial charge is 0.372 e. The predicted octanol–water partition coefficient (Wildman–Crippen LogP) is 2.80. The summed E-state index contributed by atoms with van der Waals surface area (Å²) in [6.45, 7) is 5.98. The van der Waals surface area contributed by atoms with Gasteiger partial charge in [-0.2, -0.15) is 9.36 Å². The smallest absolute Gasteiger partial charge is 0.243 e. The van der Waals surface area contributed by atoms with Crippen molar-refractivity contribution in [1.29, 1.82) is 0 Å². The first kappa shape index (κ1) is 16.2. The second kappa shape index (κ2) is 5.55. The van der Waals surface area contributed by atoms with E-state index in [0.717, 1.165) is 9.36 Å². The fourth-order valence-electron chi connectivity index (χ4n) is 1.74. The van der Waals surface area contributed by atoms with E-state index in [1.807, 2.05) is 20.8 Å². The zero-order valence-corrected chi connectivity index (χ0v) is 13.9. The standard InChI is InChI=1S/C11H13Cl3N6O/c1-10(2,3)6-7-8(11(12,13)14)16-18-20(7)9(21)19-5-4-15-17-19/h4-5H,6H2,1-3H3. The molecule has 2 heterocycles. The molecule has 21 heavy (non-hydrogen) atoms. The molecule has 0 fully saturated rings. The van der Waals surface area contributed by atoms with Gasteiger partial charge in [0, 0.05) is 0 Å². The molecule has 7 nitrogen and oxygen atoms in total. The van der Waals surface area contributed by atoms with Crippen LogP contribution in [0, 0.1) is 5.41 Å². The summed E-state index contributed by atoms with van der Waals surface area (Å²) in [5.74, 6) is 0. The van der Waals surface area contributed by atoms with E-state index in [9.17, 15) is 4.79 Å². The van der Waals surface area contributed by atoms with E-state index in [-0.39, 0.29) is 11.1 Å². The molecule has 0 amide bonds. The van der Waals surface area contributed by atoms with Crippen molar-refractivity contribution in [3.8, 4) is 0 Å². The number of carbonyl (C=O) groups excluding carboxylic acids is 1. The van der Waals surface area contributed by atoms with Crippen molar-refractivity contribution in [2.75, 3.05) is 0 Å². The summed E-state index contributed by atoms with van der Waals surface area (Å²) in [7, 11) is 0. The highest BCUT2D eigenvalue weighted by Crippen LogP contribution is 2.40. The Morgan fingerprint density at radius 3 is 2.38 bits per heavy atom. The Balaban J connectivity index is 2.51. The number of hydrogen-bond donors (Lipinski definition) is 0. The van der Waals surface area contributed by atoms with Crippen molar-refractivity contribution in [3.63, 3.8) is 0 Å². The molecule has 2 aromatic heterocycles. The van der Waals surface area contributed by atoms with Gasteiger partial charge in [-0.05, 0) is 11.8 Å². The van der Waals surface area contributed by atoms with Gasteiger partial charge >= 0.3 is 6.03 Å². The Hall–Kier alpha value is -1.18. The molecule has 10 heteroatoms. The lowest BCUT2D eigenvalue weighted by molar-refractivity contribution is 0.235. The average Bonchev–Trinajstić information content (AvgIpc) is 2.92. The Kier molecular flexibility index (Phi) is 4.28. The Bertz CT molecular complexity index is 638. The minimum atomic E-state index is -1.76. The van der Waals surface area contributed by atoms with Crippen LogP contribution in [0.15, 0.2) is 12.4 Å². The van der Waals surface area contributed by atoms with Crippen LogP contribution in [-0.2, 0) is 10.2 Å². The van der Waals surface area contributed by atoms with Crippen molar-refractivity contribution >= 4 is 40.8 Å². The second-order valence-corrected chi connectivity index (χ2v) is 7.94. The minimum Gasteiger partial charge on any atom is -0.243 e. The van der Waals surface area contributed by atoms with Gasteiger partial charge in [-0.25, -0.2) is 4.79 Å². The Morgan fingerprint density at radius 1 is 1.24 bits per heavy atom. The quantitative estimate of drug-likeness (QED) is 0.738. The SMILES string of the molecule is CC(C)(C)Cc1c(C(Cl)(Cl)Cl)nnn1C(=O)n1ccnn1. The highest BCUT2D eigenvalue weighted by molar-refractivity contribution is 6.66. The van der Waals surface area contributed by atoms with E-state index in [2.05, 4.69) is 20.6 Å². The molecule has 0 aromatic carbocycles. The van der Waals surface area contributed by atoms with Gasteiger partial charge in [-0.1, -0.05) is 66.0 Å². The molecule has 0 atom stereocenters. The summed E-state index contributed by atoms with van der Waals surface area (Å²) in [6.07, 6.45) is 3.23. The van der Waals surface area contributed by atoms with Crippen LogP contribution in [0.25, 0.3) is 0 Å². The molecule has 0 aliphatic heterocycles. The third-order valence-electron chi connectivity index (χ3n) is 2.53. The third kappa shape index (κ3) is 3.72. The van der Waals surface area contributed by atoms with Crippen molar-refractivity contribution < 1.29 is 4.79 Å². The zero-order valence-electron chi connectivity index (χ0n) is 11.6. The van der Waals surface area contributed by atoms with Gasteiger partial charge < -0.3 is 0 Å². The summed E-state index contributed by atoms with van der Waals surface area (Å²) in [5.41, 5.74) is 0.408. The van der Waals surface area contributed by atoms with Crippen molar-refractivity contribution in [1.82, 2.24) is 30.0 Å². The lowest BCUT2D eigenvalue weighted by Crippen LogP contribution is -2.26. The maximum atomic E-state index is 12.3. The van der Waals surface area contributed by atoms with Crippen LogP contribution >= 0.6 is 34.8 Å². The van der Waals surface area contributed by atoms with E-state index in [1.165, 1.54) is 12.4 Å². The molecule has 0 unspecified atom stereocenters. The molecule has 2 rings (SSSR count). The molecule has 0 aliphatic rings. The van der Waals surface area contributed by atoms with Gasteiger partial charge in [0.15, 0.2) is 0 Å². The van der Waals surface area contributed by atoms with Crippen LogP contribution in [0.5, 0.6) is 0 Å². The lowest BCUT2D eigenvalue weighted by atomic mass is 9.90. The number of nitrogens with zero attached hydrogens (tertiary/aromatic N) is 6. The van der Waals surface area contributed by atoms with Crippen molar-refractivity contribution in [3.05, 3.63) is 23.8 Å². The monoisotopic (exact) mass is 350 g/mol. The maximum absolute atomic E-state index is 12.3. The summed E-state index contributed by atoms with van der Waals surface area (Å²) >= 11 is 17.7. The highest BCUT2D eigenvalue weighted by atomic mass is 35.6. The van der Waals surface area contributed by atoms with E-state index in [0.29, 0.717) is 12.1 Å². The fraction of sp³-hybridized carbons (Fsp3) is 0.545. The van der Waals surface area contributed by atoms with Crippen LogP contribution in [0.3, 0.4) is 0 Å². The van der Waals surface area contributed by atoms with Crippen molar-refractivity contribution in [2.45, 2.75) is 31.0 Å². The zero-order chi connectivity index (χ0) is 15.8. The van der Waals surface area contributed by atoms with E-state index >= 15 is 0 Å². The van der Waals surface area contributed by atoms with Crippen LogP contribution in [0.4, 0.5) is 4.79 Å². The van der Waals surface area contributed by atoms with Crippen LogP contribution < -0.4 is 0 Å². The van der Waals surface area contributed by atoms with Gasteiger partial charge in [0.1, 0.15) is 5.69 Å². The van der Waals surface area contributed by atoms with Gasteiger partial charge in [0.05, 0.1) is 18.1 Å². The van der Waals surface area contributed by atoms with Gasteiger partial charge in [0.2, 0.25) is 3.79 Å². The summed E-state index contributed by atoms with van der Waals surface area (Å²) in [4.78, 5) is 12.3. The molecule has 0 N–H and O–H groups in total. The first-order valence-corrected chi connectivity index (χ1v) is 7.16. The molecule has 0 bridgehead atoms. The van der Waals surface area contributed by atoms with Crippen LogP contribution in [0.2, 0.25) is 0 Å². The number of aromatic nitrogens is 6. The molecule has 114 valence electrons. The number of rotatable bonds is 1. The number of alkyl halides is 3. The topological polar surface area (TPSA) is 78.5 Å². The lowest BCUT2D eigenvalue weighted by Gasteiger charge is -2.20. The van der Waals surface area contributed by atoms with Crippen molar-refractivity contribution in [2.24, 2.45) is 5.41 Å². The maximum Gasteiger partial charge on any atom is 0.372 e. The van der Waals surface area contributed by atoms with E-state index in [1.54, 1.807) is 0 Å². The molecular formula is C11H13Cl3N6O. The second-order valence-electron chi connectivity index (χ2n) is 5.66. The average molecular weight is 352 g/mol. The number of carbonyl (C=O) groups is 1. The fourth-order valence-corrected chi connectivity index (χ4v) is 2.18. The first-order chi connectivity index (χ1) is 9.59. The minimum absolute atomic E-state index is 0.135. The molecule has 0 saturated heterocycles. The third-order valence-corrected chi connectivity index (χ3v) is 3.07. The predicted molar refractivity (Wildman–Crippen MR) is 78.6 cm³/mol. The molecular weight excluding hydrogens is 339 g/mol. The van der Waals surface area contributed by atoms with Crippen LogP contribution in [0.1, 0.15) is 32.2 Å². The van der Waals surface area contributed by atoms with E-state index < -0.39 is 9.82 Å². The molecule has 2 aromatic rings. The normalized spacial score (nSPS) is 12.7. The van der Waals surface area contributed by atoms with Gasteiger partial charge in [-0.15, -0.1) is 10.2 Å². The number of hydrogen-bond acceptors (Lipinski definition) is 5. The summed E-state index contributed by atoms with van der Waals surface area (Å²) in [5, 5.41) is 14.8. The molecule has 0 aliphatic carbocycles.